The summed E-state index contributed by atoms with van der Waals surface area (Å²) in [5, 5.41) is 10.2. The second-order valence-corrected chi connectivity index (χ2v) is 15.8. The van der Waals surface area contributed by atoms with Gasteiger partial charge in [0.1, 0.15) is 11.5 Å². The lowest BCUT2D eigenvalue weighted by molar-refractivity contribution is -0.695. The molecule has 10 rings (SSSR count). The van der Waals surface area contributed by atoms with Crippen LogP contribution in [0.5, 0.6) is 11.5 Å². The molecule has 2 aliphatic heterocycles. The SMILES string of the molecule is COc1ccc2c(c1)[nH]c1ccc3cc[n+](CCN4CCC(C5CCN(CC[n+]6ccc7ccc8[nH]c9ccc(OC)cc9c8c7c6)CC5)CC4)cc3c12.[Cl-].[Cl-]. The molecule has 2 N–H and O–H groups in total. The zero-order valence-electron chi connectivity index (χ0n) is 32.2. The molecule has 0 saturated carbocycles. The third kappa shape index (κ3) is 7.13. The van der Waals surface area contributed by atoms with Gasteiger partial charge in [0.25, 0.3) is 0 Å². The van der Waals surface area contributed by atoms with Gasteiger partial charge in [0.2, 0.25) is 0 Å². The highest BCUT2D eigenvalue weighted by atomic mass is 35.5. The van der Waals surface area contributed by atoms with E-state index in [2.05, 4.69) is 120 Å². The Labute approximate surface area is 340 Å². The molecule has 4 aromatic heterocycles. The van der Waals surface area contributed by atoms with Crippen LogP contribution in [0.1, 0.15) is 25.7 Å². The van der Waals surface area contributed by atoms with E-state index in [-0.39, 0.29) is 24.8 Å². The number of aromatic amines is 2. The fourth-order valence-electron chi connectivity index (χ4n) is 9.71. The zero-order valence-corrected chi connectivity index (χ0v) is 33.8. The summed E-state index contributed by atoms with van der Waals surface area (Å²) < 4.78 is 15.8. The van der Waals surface area contributed by atoms with Crippen LogP contribution in [0.3, 0.4) is 0 Å². The molecule has 8 aromatic rings. The number of benzene rings is 4. The molecular weight excluding hydrogens is 739 g/mol. The Kier molecular flexibility index (Phi) is 11.0. The Bertz CT molecular complexity index is 2660. The second kappa shape index (κ2) is 16.1. The number of ether oxygens (including phenoxy) is 2. The summed E-state index contributed by atoms with van der Waals surface area (Å²) in [5.41, 5.74) is 4.62. The molecule has 0 bridgehead atoms. The summed E-state index contributed by atoms with van der Waals surface area (Å²) in [7, 11) is 3.46. The molecule has 0 atom stereocenters. The summed E-state index contributed by atoms with van der Waals surface area (Å²) in [5.74, 6) is 3.52. The van der Waals surface area contributed by atoms with Gasteiger partial charge in [-0.15, -0.1) is 0 Å². The Morgan fingerprint density at radius 3 is 1.57 bits per heavy atom. The summed E-state index contributed by atoms with van der Waals surface area (Å²) >= 11 is 0. The third-order valence-electron chi connectivity index (χ3n) is 12.9. The van der Waals surface area contributed by atoms with Crippen molar-refractivity contribution < 1.29 is 43.4 Å². The third-order valence-corrected chi connectivity index (χ3v) is 12.9. The first-order valence-electron chi connectivity index (χ1n) is 19.9. The average molecular weight is 790 g/mol. The molecule has 56 heavy (non-hydrogen) atoms. The molecule has 0 aliphatic carbocycles. The maximum Gasteiger partial charge on any atom is 0.177 e. The summed E-state index contributed by atoms with van der Waals surface area (Å²) in [6.45, 7) is 9.13. The van der Waals surface area contributed by atoms with E-state index < -0.39 is 0 Å². The zero-order chi connectivity index (χ0) is 36.2. The fourth-order valence-corrected chi connectivity index (χ4v) is 9.71. The number of hydrogen-bond acceptors (Lipinski definition) is 4. The van der Waals surface area contributed by atoms with Crippen molar-refractivity contribution in [2.75, 3.05) is 53.5 Å². The van der Waals surface area contributed by atoms with Gasteiger partial charge < -0.3 is 44.3 Å². The Hall–Kier alpha value is -4.60. The van der Waals surface area contributed by atoms with E-state index in [4.69, 9.17) is 9.47 Å². The highest BCUT2D eigenvalue weighted by Gasteiger charge is 2.30. The summed E-state index contributed by atoms with van der Waals surface area (Å²) in [6, 6.07) is 26.1. The number of pyridine rings is 2. The minimum absolute atomic E-state index is 0. The van der Waals surface area contributed by atoms with E-state index >= 15 is 0 Å². The highest BCUT2D eigenvalue weighted by molar-refractivity contribution is 6.21. The van der Waals surface area contributed by atoms with E-state index in [1.165, 1.54) is 106 Å². The van der Waals surface area contributed by atoms with Crippen molar-refractivity contribution >= 4 is 65.2 Å². The van der Waals surface area contributed by atoms with Gasteiger partial charge in [-0.3, -0.25) is 9.80 Å². The number of likely N-dealkylation sites (tertiary alicyclic amines) is 2. The topological polar surface area (TPSA) is 64.3 Å². The predicted molar refractivity (Wildman–Crippen MR) is 218 cm³/mol. The van der Waals surface area contributed by atoms with Gasteiger partial charge in [-0.1, -0.05) is 12.1 Å². The number of nitrogens with one attached hydrogen (secondary N) is 2. The van der Waals surface area contributed by atoms with E-state index in [1.54, 1.807) is 14.2 Å². The summed E-state index contributed by atoms with van der Waals surface area (Å²) in [4.78, 5) is 12.6. The van der Waals surface area contributed by atoms with Crippen LogP contribution in [0.25, 0.3) is 65.2 Å². The summed E-state index contributed by atoms with van der Waals surface area (Å²) in [6.07, 6.45) is 14.6. The molecule has 6 heterocycles. The fraction of sp³-hybridized carbons (Fsp3) is 0.348. The van der Waals surface area contributed by atoms with Gasteiger partial charge in [0, 0.05) is 56.3 Å². The van der Waals surface area contributed by atoms with Crippen LogP contribution in [-0.2, 0) is 13.1 Å². The van der Waals surface area contributed by atoms with Crippen molar-refractivity contribution in [2.24, 2.45) is 11.8 Å². The Morgan fingerprint density at radius 2 is 1.02 bits per heavy atom. The number of aromatic nitrogens is 4. The molecule has 0 unspecified atom stereocenters. The monoisotopic (exact) mass is 788 g/mol. The number of rotatable bonds is 9. The molecule has 2 saturated heterocycles. The van der Waals surface area contributed by atoms with Crippen LogP contribution in [0, 0.1) is 11.8 Å². The van der Waals surface area contributed by atoms with E-state index in [9.17, 15) is 0 Å². The molecule has 2 fully saturated rings. The van der Waals surface area contributed by atoms with E-state index in [0.29, 0.717) is 0 Å². The van der Waals surface area contributed by atoms with Crippen LogP contribution in [0.15, 0.2) is 97.6 Å². The van der Waals surface area contributed by atoms with Crippen LogP contribution in [0.4, 0.5) is 0 Å². The van der Waals surface area contributed by atoms with Crippen LogP contribution < -0.4 is 43.4 Å². The van der Waals surface area contributed by atoms with Crippen molar-refractivity contribution in [3.05, 3.63) is 97.6 Å². The number of halogens is 2. The normalized spacial score (nSPS) is 16.2. The number of methoxy groups -OCH3 is 2. The number of hydrogen-bond donors (Lipinski definition) is 2. The maximum atomic E-state index is 5.56. The van der Waals surface area contributed by atoms with Gasteiger partial charge in [-0.05, 0) is 117 Å². The number of H-pyrrole nitrogens is 2. The van der Waals surface area contributed by atoms with Gasteiger partial charge in [-0.25, -0.2) is 9.13 Å². The minimum Gasteiger partial charge on any atom is -1.00 e. The Balaban J connectivity index is 0.00000220. The predicted octanol–water partition coefficient (Wildman–Crippen LogP) is 1.99. The molecule has 0 amide bonds. The van der Waals surface area contributed by atoms with E-state index in [0.717, 1.165) is 60.5 Å². The van der Waals surface area contributed by atoms with Crippen LogP contribution >= 0.6 is 0 Å². The van der Waals surface area contributed by atoms with Gasteiger partial charge in [0.05, 0.1) is 43.6 Å². The van der Waals surface area contributed by atoms with Crippen molar-refractivity contribution in [1.29, 1.82) is 0 Å². The van der Waals surface area contributed by atoms with Crippen LogP contribution in [0.2, 0.25) is 0 Å². The lowest BCUT2D eigenvalue weighted by Crippen LogP contribution is -3.00. The second-order valence-electron chi connectivity index (χ2n) is 15.8. The molecular formula is C46H50Cl2N6O2. The lowest BCUT2D eigenvalue weighted by Gasteiger charge is -2.39. The van der Waals surface area contributed by atoms with E-state index in [1.807, 2.05) is 6.07 Å². The largest absolute Gasteiger partial charge is 1.00 e. The first kappa shape index (κ1) is 38.3. The molecule has 10 heteroatoms. The maximum absolute atomic E-state index is 5.56. The van der Waals surface area contributed by atoms with Crippen molar-refractivity contribution in [3.8, 4) is 11.5 Å². The van der Waals surface area contributed by atoms with Gasteiger partial charge in [-0.2, -0.15) is 0 Å². The number of nitrogens with zero attached hydrogens (tertiary/aromatic N) is 4. The molecule has 4 aromatic carbocycles. The smallest absolute Gasteiger partial charge is 0.177 e. The number of fused-ring (bicyclic) bond motifs is 10. The quantitative estimate of drug-likeness (QED) is 0.220. The van der Waals surface area contributed by atoms with Gasteiger partial charge in [0.15, 0.2) is 37.9 Å². The Morgan fingerprint density at radius 1 is 0.536 bits per heavy atom. The average Bonchev–Trinajstić information content (AvgIpc) is 3.80. The molecule has 0 spiro atoms. The standard InChI is InChI=1S/C46H48N6O2.2ClH/c1-53-35-6-10-41-38(27-35)46-40-30-52(22-16-34(40)4-9-43(46)47-41)26-24-50-19-13-32(14-20-50)31-11-17-49(18-12-31)23-25-51-21-15-33-3-8-42-45(39(33)29-51)37-7-5-36(54-2)28-44(37)48-42;;/h3-10,15-16,21-22,27-32H,11-14,17-20,23-26H2,1-2H3;2*1H. The van der Waals surface area contributed by atoms with Crippen molar-refractivity contribution in [1.82, 2.24) is 19.8 Å². The first-order valence-corrected chi connectivity index (χ1v) is 19.9. The molecule has 2 aliphatic rings. The van der Waals surface area contributed by atoms with Crippen LogP contribution in [-0.4, -0.2) is 73.3 Å². The minimum atomic E-state index is 0. The van der Waals surface area contributed by atoms with Gasteiger partial charge >= 0.3 is 0 Å². The molecule has 8 nitrogen and oxygen atoms in total. The first-order chi connectivity index (χ1) is 26.6. The van der Waals surface area contributed by atoms with Crippen molar-refractivity contribution in [3.63, 3.8) is 0 Å². The molecule has 0 radical (unpaired) electrons. The van der Waals surface area contributed by atoms with Crippen molar-refractivity contribution in [2.45, 2.75) is 38.8 Å². The lowest BCUT2D eigenvalue weighted by atomic mass is 9.79. The number of piperidine rings is 2. The molecule has 290 valence electrons. The highest BCUT2D eigenvalue weighted by Crippen LogP contribution is 2.36.